The first-order valence-electron chi connectivity index (χ1n) is 6.47. The topological polar surface area (TPSA) is 60.9 Å². The number of hydrogen-bond donors (Lipinski definition) is 1. The third kappa shape index (κ3) is 2.80. The van der Waals surface area contributed by atoms with Crippen molar-refractivity contribution in [2.75, 3.05) is 32.8 Å². The van der Waals surface area contributed by atoms with Gasteiger partial charge in [-0.15, -0.1) is 0 Å². The van der Waals surface area contributed by atoms with E-state index in [0.29, 0.717) is 31.7 Å². The zero-order valence-corrected chi connectivity index (χ0v) is 11.3. The Morgan fingerprint density at radius 1 is 1.20 bits per heavy atom. The van der Waals surface area contributed by atoms with E-state index in [1.807, 2.05) is 0 Å². The number of benzene rings is 1. The van der Waals surface area contributed by atoms with Crippen LogP contribution in [-0.4, -0.2) is 59.5 Å². The van der Waals surface area contributed by atoms with Gasteiger partial charge < -0.3 is 14.9 Å². The van der Waals surface area contributed by atoms with Crippen molar-refractivity contribution in [3.63, 3.8) is 0 Å². The molecule has 0 aliphatic carbocycles. The number of amides is 2. The van der Waals surface area contributed by atoms with Crippen LogP contribution >= 0.6 is 0 Å². The van der Waals surface area contributed by atoms with Crippen molar-refractivity contribution in [1.29, 1.82) is 0 Å². The standard InChI is InChI=1S/C14H17FN2O3/c1-10-3-2-4-11(13(10)15)14(20)17-7-5-16(6-8-17)12(19)9-18/h2-4,18H,5-9H2,1H3. The van der Waals surface area contributed by atoms with Gasteiger partial charge in [0.25, 0.3) is 5.91 Å². The molecule has 5 nitrogen and oxygen atoms in total. The van der Waals surface area contributed by atoms with Gasteiger partial charge in [0.15, 0.2) is 0 Å². The number of nitrogens with zero attached hydrogens (tertiary/aromatic N) is 2. The normalized spacial score (nSPS) is 15.3. The third-order valence-electron chi connectivity index (χ3n) is 3.48. The molecule has 0 unspecified atom stereocenters. The summed E-state index contributed by atoms with van der Waals surface area (Å²) in [6.45, 7) is 2.50. The molecular formula is C14H17FN2O3. The zero-order valence-electron chi connectivity index (χ0n) is 11.3. The molecule has 2 amide bonds. The van der Waals surface area contributed by atoms with Gasteiger partial charge >= 0.3 is 0 Å². The van der Waals surface area contributed by atoms with Crippen LogP contribution in [0.1, 0.15) is 15.9 Å². The third-order valence-corrected chi connectivity index (χ3v) is 3.48. The molecule has 0 aromatic heterocycles. The van der Waals surface area contributed by atoms with Crippen LogP contribution in [0.4, 0.5) is 4.39 Å². The molecule has 0 atom stereocenters. The maximum absolute atomic E-state index is 13.9. The lowest BCUT2D eigenvalue weighted by Gasteiger charge is -2.34. The summed E-state index contributed by atoms with van der Waals surface area (Å²) < 4.78 is 13.9. The van der Waals surface area contributed by atoms with Gasteiger partial charge in [-0.05, 0) is 18.6 Å². The lowest BCUT2D eigenvalue weighted by molar-refractivity contribution is -0.135. The molecule has 1 N–H and O–H groups in total. The SMILES string of the molecule is Cc1cccc(C(=O)N2CCN(C(=O)CO)CC2)c1F. The van der Waals surface area contributed by atoms with Crippen molar-refractivity contribution >= 4 is 11.8 Å². The zero-order chi connectivity index (χ0) is 14.7. The van der Waals surface area contributed by atoms with Gasteiger partial charge in [-0.1, -0.05) is 12.1 Å². The van der Waals surface area contributed by atoms with E-state index in [0.717, 1.165) is 0 Å². The predicted molar refractivity (Wildman–Crippen MR) is 70.7 cm³/mol. The Morgan fingerprint density at radius 3 is 2.40 bits per heavy atom. The number of aryl methyl sites for hydroxylation is 1. The monoisotopic (exact) mass is 280 g/mol. The van der Waals surface area contributed by atoms with Gasteiger partial charge in [-0.3, -0.25) is 9.59 Å². The maximum atomic E-state index is 13.9. The Balaban J connectivity index is 2.05. The number of carbonyl (C=O) groups is 2. The van der Waals surface area contributed by atoms with Crippen LogP contribution in [0.2, 0.25) is 0 Å². The lowest BCUT2D eigenvalue weighted by atomic mass is 10.1. The van der Waals surface area contributed by atoms with Gasteiger partial charge in [0.2, 0.25) is 5.91 Å². The van der Waals surface area contributed by atoms with E-state index in [1.165, 1.54) is 15.9 Å². The Kier molecular flexibility index (Phi) is 4.34. The fraction of sp³-hybridized carbons (Fsp3) is 0.429. The molecule has 2 rings (SSSR count). The molecule has 108 valence electrons. The highest BCUT2D eigenvalue weighted by molar-refractivity contribution is 5.95. The van der Waals surface area contributed by atoms with E-state index in [4.69, 9.17) is 5.11 Å². The average Bonchev–Trinajstić information content (AvgIpc) is 2.48. The summed E-state index contributed by atoms with van der Waals surface area (Å²) in [5.41, 5.74) is 0.497. The molecular weight excluding hydrogens is 263 g/mol. The average molecular weight is 280 g/mol. The number of hydrogen-bond acceptors (Lipinski definition) is 3. The molecule has 6 heteroatoms. The quantitative estimate of drug-likeness (QED) is 0.853. The molecule has 1 aromatic carbocycles. The maximum Gasteiger partial charge on any atom is 0.256 e. The summed E-state index contributed by atoms with van der Waals surface area (Å²) in [5.74, 6) is -1.20. The number of carbonyl (C=O) groups excluding carboxylic acids is 2. The molecule has 0 saturated carbocycles. The minimum atomic E-state index is -0.527. The van der Waals surface area contributed by atoms with Crippen LogP contribution in [0.25, 0.3) is 0 Å². The minimum Gasteiger partial charge on any atom is -0.387 e. The van der Waals surface area contributed by atoms with Crippen molar-refractivity contribution in [1.82, 2.24) is 9.80 Å². The summed E-state index contributed by atoms with van der Waals surface area (Å²) in [7, 11) is 0. The van der Waals surface area contributed by atoms with E-state index >= 15 is 0 Å². The van der Waals surface area contributed by atoms with Crippen LogP contribution in [0.3, 0.4) is 0 Å². The second-order valence-corrected chi connectivity index (χ2v) is 4.77. The van der Waals surface area contributed by atoms with Crippen molar-refractivity contribution in [2.45, 2.75) is 6.92 Å². The number of halogens is 1. The van der Waals surface area contributed by atoms with Crippen LogP contribution in [0.15, 0.2) is 18.2 Å². The highest BCUT2D eigenvalue weighted by atomic mass is 19.1. The van der Waals surface area contributed by atoms with Crippen LogP contribution in [0.5, 0.6) is 0 Å². The first-order valence-corrected chi connectivity index (χ1v) is 6.47. The van der Waals surface area contributed by atoms with Gasteiger partial charge in [0.1, 0.15) is 12.4 Å². The molecule has 0 bridgehead atoms. The highest BCUT2D eigenvalue weighted by Crippen LogP contribution is 2.15. The molecule has 0 radical (unpaired) electrons. The molecule has 1 aromatic rings. The van der Waals surface area contributed by atoms with Crippen molar-refractivity contribution in [3.05, 3.63) is 35.1 Å². The predicted octanol–water partition coefficient (Wildman–Crippen LogP) is 0.411. The second kappa shape index (κ2) is 6.00. The number of rotatable bonds is 2. The first-order chi connectivity index (χ1) is 9.54. The summed E-state index contributed by atoms with van der Waals surface area (Å²) in [6, 6.07) is 4.73. The fourth-order valence-corrected chi connectivity index (χ4v) is 2.24. The van der Waals surface area contributed by atoms with Gasteiger partial charge in [-0.25, -0.2) is 4.39 Å². The van der Waals surface area contributed by atoms with Gasteiger partial charge in [0, 0.05) is 26.2 Å². The first kappa shape index (κ1) is 14.5. The molecule has 1 aliphatic heterocycles. The van der Waals surface area contributed by atoms with Crippen LogP contribution in [0, 0.1) is 12.7 Å². The molecule has 0 spiro atoms. The van der Waals surface area contributed by atoms with Crippen molar-refractivity contribution in [2.24, 2.45) is 0 Å². The number of aliphatic hydroxyl groups excluding tert-OH is 1. The van der Waals surface area contributed by atoms with Crippen LogP contribution in [-0.2, 0) is 4.79 Å². The molecule has 1 aliphatic rings. The van der Waals surface area contributed by atoms with E-state index in [9.17, 15) is 14.0 Å². The summed E-state index contributed by atoms with van der Waals surface area (Å²) in [4.78, 5) is 26.6. The van der Waals surface area contributed by atoms with E-state index in [-0.39, 0.29) is 17.4 Å². The Hall–Kier alpha value is -1.95. The Labute approximate surface area is 116 Å². The van der Waals surface area contributed by atoms with Gasteiger partial charge in [-0.2, -0.15) is 0 Å². The smallest absolute Gasteiger partial charge is 0.256 e. The summed E-state index contributed by atoms with van der Waals surface area (Å²) in [5, 5.41) is 8.79. The lowest BCUT2D eigenvalue weighted by Crippen LogP contribution is -2.51. The fourth-order valence-electron chi connectivity index (χ4n) is 2.24. The highest BCUT2D eigenvalue weighted by Gasteiger charge is 2.26. The van der Waals surface area contributed by atoms with Crippen molar-refractivity contribution < 1.29 is 19.1 Å². The number of piperazine rings is 1. The second-order valence-electron chi connectivity index (χ2n) is 4.77. The van der Waals surface area contributed by atoms with E-state index in [1.54, 1.807) is 19.1 Å². The van der Waals surface area contributed by atoms with E-state index in [2.05, 4.69) is 0 Å². The Morgan fingerprint density at radius 2 is 1.80 bits per heavy atom. The summed E-state index contributed by atoms with van der Waals surface area (Å²) in [6.07, 6.45) is 0. The van der Waals surface area contributed by atoms with E-state index < -0.39 is 12.4 Å². The van der Waals surface area contributed by atoms with Crippen LogP contribution < -0.4 is 0 Å². The largest absolute Gasteiger partial charge is 0.387 e. The number of aliphatic hydroxyl groups is 1. The molecule has 1 heterocycles. The molecule has 1 saturated heterocycles. The molecule has 1 fully saturated rings. The summed E-state index contributed by atoms with van der Waals surface area (Å²) >= 11 is 0. The van der Waals surface area contributed by atoms with Gasteiger partial charge in [0.05, 0.1) is 5.56 Å². The van der Waals surface area contributed by atoms with Crippen molar-refractivity contribution in [3.8, 4) is 0 Å². The molecule has 20 heavy (non-hydrogen) atoms. The Bertz CT molecular complexity index is 525. The minimum absolute atomic E-state index is 0.0620.